The largest absolute Gasteiger partial charge is 0.550 e. The Kier molecular flexibility index (Phi) is 2.87. The van der Waals surface area contributed by atoms with Gasteiger partial charge in [-0.05, 0) is 12.0 Å². The smallest absolute Gasteiger partial charge is 0.229 e. The number of fused-ring (bicyclic) bond motifs is 1. The molecule has 1 aromatic carbocycles. The molecule has 1 amide bonds. The zero-order chi connectivity index (χ0) is 15.3. The highest BCUT2D eigenvalue weighted by molar-refractivity contribution is 5.90. The fourth-order valence-electron chi connectivity index (χ4n) is 3.95. The normalized spacial score (nSPS) is 35.2. The van der Waals surface area contributed by atoms with Crippen molar-refractivity contribution in [3.05, 3.63) is 48.0 Å². The van der Waals surface area contributed by atoms with Crippen molar-refractivity contribution in [2.45, 2.75) is 18.1 Å². The van der Waals surface area contributed by atoms with Gasteiger partial charge < -0.3 is 19.5 Å². The molecule has 2 saturated heterocycles. The van der Waals surface area contributed by atoms with E-state index in [1.165, 1.54) is 0 Å². The van der Waals surface area contributed by atoms with E-state index < -0.39 is 29.5 Å². The zero-order valence-corrected chi connectivity index (χ0v) is 12.0. The summed E-state index contributed by atoms with van der Waals surface area (Å²) >= 11 is 0. The Morgan fingerprint density at radius 1 is 1.36 bits per heavy atom. The summed E-state index contributed by atoms with van der Waals surface area (Å²) in [7, 11) is 0. The average molecular weight is 298 g/mol. The fraction of sp³-hybridized carbons (Fsp3) is 0.412. The van der Waals surface area contributed by atoms with Crippen molar-refractivity contribution in [1.82, 2.24) is 4.90 Å². The van der Waals surface area contributed by atoms with Crippen LogP contribution in [0.1, 0.15) is 5.56 Å². The maximum Gasteiger partial charge on any atom is 0.229 e. The van der Waals surface area contributed by atoms with Crippen molar-refractivity contribution in [2.24, 2.45) is 11.8 Å². The molecule has 1 spiro atoms. The maximum atomic E-state index is 12.6. The Labute approximate surface area is 128 Å². The minimum absolute atomic E-state index is 0.128. The lowest BCUT2D eigenvalue weighted by Crippen LogP contribution is -2.45. The standard InChI is InChI=1S/C17H17NO4/c19-15-14-13(16(20)21)12-6-8-17(14,22-12)10-18(15)9-7-11-4-2-1-3-5-11/h1-6,8,12-14H,7,9-10H2,(H,20,21)/p-1/t12-,13+,14+,17-/m1/s1. The lowest BCUT2D eigenvalue weighted by atomic mass is 9.77. The van der Waals surface area contributed by atoms with Crippen molar-refractivity contribution >= 4 is 11.9 Å². The SMILES string of the molecule is O=C([O-])[C@@H]1[C@H]2C(=O)N(CCc3ccccc3)C[C@]23C=C[C@H]1O3. The van der Waals surface area contributed by atoms with Crippen molar-refractivity contribution < 1.29 is 19.4 Å². The van der Waals surface area contributed by atoms with E-state index in [1.807, 2.05) is 36.4 Å². The van der Waals surface area contributed by atoms with Crippen LogP contribution in [0.2, 0.25) is 0 Å². The number of carboxylic acid groups (broad SMARTS) is 1. The molecule has 0 aromatic heterocycles. The van der Waals surface area contributed by atoms with Gasteiger partial charge in [0.15, 0.2) is 0 Å². The van der Waals surface area contributed by atoms with Gasteiger partial charge >= 0.3 is 0 Å². The van der Waals surface area contributed by atoms with Crippen molar-refractivity contribution in [2.75, 3.05) is 13.1 Å². The molecule has 3 heterocycles. The van der Waals surface area contributed by atoms with E-state index in [0.29, 0.717) is 13.1 Å². The third-order valence-electron chi connectivity index (χ3n) is 4.96. The molecule has 22 heavy (non-hydrogen) atoms. The van der Waals surface area contributed by atoms with Gasteiger partial charge in [0.05, 0.1) is 18.6 Å². The molecule has 5 nitrogen and oxygen atoms in total. The Morgan fingerprint density at radius 2 is 2.14 bits per heavy atom. The second kappa shape index (κ2) is 4.68. The highest BCUT2D eigenvalue weighted by Gasteiger charge is 2.65. The molecule has 3 aliphatic rings. The monoisotopic (exact) mass is 298 g/mol. The van der Waals surface area contributed by atoms with E-state index in [9.17, 15) is 14.7 Å². The van der Waals surface area contributed by atoms with E-state index >= 15 is 0 Å². The first-order chi connectivity index (χ1) is 10.6. The van der Waals surface area contributed by atoms with E-state index in [2.05, 4.69) is 0 Å². The van der Waals surface area contributed by atoms with E-state index in [4.69, 9.17) is 4.74 Å². The topological polar surface area (TPSA) is 69.7 Å². The number of nitrogens with zero attached hydrogens (tertiary/aromatic N) is 1. The van der Waals surface area contributed by atoms with Crippen LogP contribution in [0.5, 0.6) is 0 Å². The summed E-state index contributed by atoms with van der Waals surface area (Å²) in [4.78, 5) is 25.7. The predicted molar refractivity (Wildman–Crippen MR) is 75.5 cm³/mol. The van der Waals surface area contributed by atoms with Gasteiger partial charge in [-0.25, -0.2) is 0 Å². The van der Waals surface area contributed by atoms with E-state index in [1.54, 1.807) is 11.0 Å². The number of likely N-dealkylation sites (tertiary alicyclic amines) is 1. The Morgan fingerprint density at radius 3 is 2.86 bits per heavy atom. The molecule has 0 saturated carbocycles. The van der Waals surface area contributed by atoms with Crippen LogP contribution in [0, 0.1) is 11.8 Å². The number of rotatable bonds is 4. The Bertz CT molecular complexity index is 656. The molecule has 2 fully saturated rings. The molecule has 0 N–H and O–H groups in total. The van der Waals surface area contributed by atoms with Gasteiger partial charge in [0.1, 0.15) is 5.60 Å². The minimum Gasteiger partial charge on any atom is -0.550 e. The number of hydrogen-bond donors (Lipinski definition) is 0. The first kappa shape index (κ1) is 13.5. The maximum absolute atomic E-state index is 12.6. The van der Waals surface area contributed by atoms with Crippen LogP contribution in [0.25, 0.3) is 0 Å². The third kappa shape index (κ3) is 1.82. The number of amides is 1. The van der Waals surface area contributed by atoms with Crippen LogP contribution in [0.15, 0.2) is 42.5 Å². The van der Waals surface area contributed by atoms with Crippen LogP contribution in [-0.4, -0.2) is 41.6 Å². The summed E-state index contributed by atoms with van der Waals surface area (Å²) in [5.41, 5.74) is 0.394. The number of aliphatic carboxylic acids is 1. The third-order valence-corrected chi connectivity index (χ3v) is 4.96. The molecule has 3 aliphatic heterocycles. The second-order valence-electron chi connectivity index (χ2n) is 6.21. The van der Waals surface area contributed by atoms with E-state index in [-0.39, 0.29) is 5.91 Å². The van der Waals surface area contributed by atoms with Crippen LogP contribution in [-0.2, 0) is 20.7 Å². The van der Waals surface area contributed by atoms with Gasteiger partial charge in [0.25, 0.3) is 0 Å². The van der Waals surface area contributed by atoms with Crippen molar-refractivity contribution in [3.8, 4) is 0 Å². The number of benzene rings is 1. The number of hydrogen-bond acceptors (Lipinski definition) is 4. The Balaban J connectivity index is 1.53. The lowest BCUT2D eigenvalue weighted by molar-refractivity contribution is -0.313. The number of carbonyl (C=O) groups excluding carboxylic acids is 2. The molecule has 1 aromatic rings. The first-order valence-corrected chi connectivity index (χ1v) is 7.51. The van der Waals surface area contributed by atoms with Crippen LogP contribution >= 0.6 is 0 Å². The number of carbonyl (C=O) groups is 2. The molecule has 114 valence electrons. The summed E-state index contributed by atoms with van der Waals surface area (Å²) in [5.74, 6) is -2.82. The van der Waals surface area contributed by atoms with Crippen LogP contribution in [0.3, 0.4) is 0 Å². The van der Waals surface area contributed by atoms with Crippen molar-refractivity contribution in [1.29, 1.82) is 0 Å². The van der Waals surface area contributed by atoms with E-state index in [0.717, 1.165) is 12.0 Å². The average Bonchev–Trinajstić information content (AvgIpc) is 3.14. The summed E-state index contributed by atoms with van der Waals surface area (Å²) in [5, 5.41) is 11.4. The highest BCUT2D eigenvalue weighted by atomic mass is 16.5. The first-order valence-electron chi connectivity index (χ1n) is 7.51. The van der Waals surface area contributed by atoms with Crippen molar-refractivity contribution in [3.63, 3.8) is 0 Å². The predicted octanol–water partition coefficient (Wildman–Crippen LogP) is -0.239. The van der Waals surface area contributed by atoms with Crippen LogP contribution in [0.4, 0.5) is 0 Å². The summed E-state index contributed by atoms with van der Waals surface area (Å²) in [6, 6.07) is 9.93. The molecule has 0 aliphatic carbocycles. The number of ether oxygens (including phenoxy) is 1. The van der Waals surface area contributed by atoms with Gasteiger partial charge in [-0.2, -0.15) is 0 Å². The fourth-order valence-corrected chi connectivity index (χ4v) is 3.95. The van der Waals surface area contributed by atoms with Gasteiger partial charge in [0, 0.05) is 18.4 Å². The zero-order valence-electron chi connectivity index (χ0n) is 12.0. The molecule has 5 heteroatoms. The summed E-state index contributed by atoms with van der Waals surface area (Å²) in [6.45, 7) is 1.00. The molecular formula is C17H16NO4-. The molecule has 4 rings (SSSR count). The van der Waals surface area contributed by atoms with Crippen LogP contribution < -0.4 is 5.11 Å². The summed E-state index contributed by atoms with van der Waals surface area (Å²) in [6.07, 6.45) is 3.85. The molecule has 4 atom stereocenters. The molecular weight excluding hydrogens is 282 g/mol. The lowest BCUT2D eigenvalue weighted by Gasteiger charge is -2.24. The highest BCUT2D eigenvalue weighted by Crippen LogP contribution is 2.51. The Hall–Kier alpha value is -2.14. The minimum atomic E-state index is -1.19. The second-order valence-corrected chi connectivity index (χ2v) is 6.21. The quantitative estimate of drug-likeness (QED) is 0.720. The summed E-state index contributed by atoms with van der Waals surface area (Å²) < 4.78 is 5.82. The van der Waals surface area contributed by atoms with Gasteiger partial charge in [-0.3, -0.25) is 4.79 Å². The molecule has 0 unspecified atom stereocenters. The van der Waals surface area contributed by atoms with Gasteiger partial charge in [-0.1, -0.05) is 42.5 Å². The van der Waals surface area contributed by atoms with Gasteiger partial charge in [-0.15, -0.1) is 0 Å². The molecule has 0 radical (unpaired) electrons. The van der Waals surface area contributed by atoms with Gasteiger partial charge in [0.2, 0.25) is 5.91 Å². The molecule has 2 bridgehead atoms. The number of carboxylic acids is 1.